The van der Waals surface area contributed by atoms with E-state index >= 15 is 0 Å². The highest BCUT2D eigenvalue weighted by molar-refractivity contribution is 5.90. The SMILES string of the molecule is C=C(C)C(N)=O.C=CC. The molecule has 0 bridgehead atoms. The summed E-state index contributed by atoms with van der Waals surface area (Å²) < 4.78 is 0. The summed E-state index contributed by atoms with van der Waals surface area (Å²) in [5.41, 5.74) is 5.09. The number of nitrogens with two attached hydrogens (primary N) is 1. The second-order valence-electron chi connectivity index (χ2n) is 1.55. The van der Waals surface area contributed by atoms with Crippen molar-refractivity contribution in [2.24, 2.45) is 5.73 Å². The molecule has 0 aliphatic carbocycles. The quantitative estimate of drug-likeness (QED) is 0.418. The van der Waals surface area contributed by atoms with Gasteiger partial charge < -0.3 is 5.73 Å². The Labute approximate surface area is 56.1 Å². The van der Waals surface area contributed by atoms with E-state index in [1.165, 1.54) is 0 Å². The highest BCUT2D eigenvalue weighted by Gasteiger charge is 1.86. The van der Waals surface area contributed by atoms with Gasteiger partial charge in [0.1, 0.15) is 0 Å². The lowest BCUT2D eigenvalue weighted by molar-refractivity contribution is -0.114. The summed E-state index contributed by atoms with van der Waals surface area (Å²) in [6.07, 6.45) is 1.75. The molecule has 2 heteroatoms. The van der Waals surface area contributed by atoms with Gasteiger partial charge in [-0.1, -0.05) is 12.7 Å². The molecule has 0 rings (SSSR count). The Morgan fingerprint density at radius 2 is 1.78 bits per heavy atom. The minimum atomic E-state index is -0.435. The van der Waals surface area contributed by atoms with E-state index < -0.39 is 5.91 Å². The number of primary amides is 1. The maximum atomic E-state index is 9.82. The van der Waals surface area contributed by atoms with Gasteiger partial charge in [0.2, 0.25) is 5.91 Å². The minimum absolute atomic E-state index is 0.398. The van der Waals surface area contributed by atoms with Crippen molar-refractivity contribution >= 4 is 5.91 Å². The number of hydrogen-bond acceptors (Lipinski definition) is 1. The fourth-order valence-corrected chi connectivity index (χ4v) is 0. The Kier molecular flexibility index (Phi) is 8.38. The summed E-state index contributed by atoms with van der Waals surface area (Å²) >= 11 is 0. The molecule has 0 fully saturated rings. The number of amides is 1. The van der Waals surface area contributed by atoms with E-state index in [0.29, 0.717) is 5.57 Å². The third kappa shape index (κ3) is 19.6. The van der Waals surface area contributed by atoms with Crippen molar-refractivity contribution in [3.8, 4) is 0 Å². The zero-order chi connectivity index (χ0) is 7.86. The first-order valence-corrected chi connectivity index (χ1v) is 2.58. The molecule has 0 aromatic rings. The molecule has 0 atom stereocenters. The molecule has 0 aromatic heterocycles. The van der Waals surface area contributed by atoms with Gasteiger partial charge in [0.25, 0.3) is 0 Å². The standard InChI is InChI=1S/C4H7NO.C3H6/c1-3(2)4(5)6;1-3-2/h1H2,2H3,(H2,5,6);3H,1H2,2H3. The van der Waals surface area contributed by atoms with Crippen molar-refractivity contribution in [2.45, 2.75) is 13.8 Å². The maximum Gasteiger partial charge on any atom is 0.243 e. The number of rotatable bonds is 1. The molecule has 0 spiro atoms. The molecule has 1 amide bonds. The van der Waals surface area contributed by atoms with Crippen molar-refractivity contribution in [3.05, 3.63) is 24.8 Å². The van der Waals surface area contributed by atoms with Crippen LogP contribution in [-0.4, -0.2) is 5.91 Å². The fraction of sp³-hybridized carbons (Fsp3) is 0.286. The van der Waals surface area contributed by atoms with E-state index in [4.69, 9.17) is 5.73 Å². The van der Waals surface area contributed by atoms with Crippen LogP contribution < -0.4 is 5.73 Å². The van der Waals surface area contributed by atoms with Gasteiger partial charge in [-0.25, -0.2) is 0 Å². The molecule has 0 saturated carbocycles. The van der Waals surface area contributed by atoms with Crippen LogP contribution in [0.2, 0.25) is 0 Å². The van der Waals surface area contributed by atoms with Gasteiger partial charge in [0, 0.05) is 5.57 Å². The highest BCUT2D eigenvalue weighted by Crippen LogP contribution is 1.78. The van der Waals surface area contributed by atoms with Crippen molar-refractivity contribution in [3.63, 3.8) is 0 Å². The largest absolute Gasteiger partial charge is 0.366 e. The molecule has 0 aliphatic heterocycles. The van der Waals surface area contributed by atoms with E-state index in [9.17, 15) is 4.79 Å². The van der Waals surface area contributed by atoms with Gasteiger partial charge in [-0.15, -0.1) is 6.58 Å². The van der Waals surface area contributed by atoms with Crippen LogP contribution >= 0.6 is 0 Å². The van der Waals surface area contributed by atoms with Gasteiger partial charge in [-0.2, -0.15) is 0 Å². The van der Waals surface area contributed by atoms with Crippen molar-refractivity contribution in [1.82, 2.24) is 0 Å². The van der Waals surface area contributed by atoms with Crippen LogP contribution in [0.3, 0.4) is 0 Å². The number of carbonyl (C=O) groups excluding carboxylic acids is 1. The molecule has 0 aromatic carbocycles. The number of allylic oxidation sites excluding steroid dienone is 1. The Bertz CT molecular complexity index is 104. The van der Waals surface area contributed by atoms with Crippen LogP contribution in [0.15, 0.2) is 24.8 Å². The molecule has 0 unspecified atom stereocenters. The van der Waals surface area contributed by atoms with Crippen molar-refractivity contribution in [2.75, 3.05) is 0 Å². The van der Waals surface area contributed by atoms with Gasteiger partial charge in [0.05, 0.1) is 0 Å². The van der Waals surface area contributed by atoms with E-state index in [2.05, 4.69) is 13.2 Å². The molecular formula is C7H13NO. The molecule has 0 heterocycles. The van der Waals surface area contributed by atoms with Crippen LogP contribution in [0, 0.1) is 0 Å². The third-order valence-electron chi connectivity index (χ3n) is 0.421. The van der Waals surface area contributed by atoms with Gasteiger partial charge in [-0.3, -0.25) is 4.79 Å². The first-order valence-electron chi connectivity index (χ1n) is 2.58. The molecule has 0 radical (unpaired) electrons. The summed E-state index contributed by atoms with van der Waals surface area (Å²) in [6.45, 7) is 10.1. The van der Waals surface area contributed by atoms with Gasteiger partial charge in [0.15, 0.2) is 0 Å². The highest BCUT2D eigenvalue weighted by atomic mass is 16.1. The Morgan fingerprint density at radius 3 is 1.78 bits per heavy atom. The maximum absolute atomic E-state index is 9.82. The smallest absolute Gasteiger partial charge is 0.243 e. The Hall–Kier alpha value is -1.05. The van der Waals surface area contributed by atoms with Crippen LogP contribution in [0.5, 0.6) is 0 Å². The number of carbonyl (C=O) groups is 1. The summed E-state index contributed by atoms with van der Waals surface area (Å²) in [4.78, 5) is 9.82. The predicted molar refractivity (Wildman–Crippen MR) is 39.9 cm³/mol. The molecular weight excluding hydrogens is 114 g/mol. The first kappa shape index (κ1) is 10.8. The Balaban J connectivity index is 0. The normalized spacial score (nSPS) is 6.44. The molecule has 52 valence electrons. The summed E-state index contributed by atoms with van der Waals surface area (Å²) in [7, 11) is 0. The minimum Gasteiger partial charge on any atom is -0.366 e. The molecule has 9 heavy (non-hydrogen) atoms. The summed E-state index contributed by atoms with van der Waals surface area (Å²) in [5, 5.41) is 0. The number of hydrogen-bond donors (Lipinski definition) is 1. The van der Waals surface area contributed by atoms with Crippen molar-refractivity contribution in [1.29, 1.82) is 0 Å². The zero-order valence-corrected chi connectivity index (χ0v) is 5.98. The van der Waals surface area contributed by atoms with E-state index in [0.717, 1.165) is 0 Å². The summed E-state index contributed by atoms with van der Waals surface area (Å²) in [6, 6.07) is 0. The van der Waals surface area contributed by atoms with Crippen LogP contribution in [-0.2, 0) is 4.79 Å². The molecule has 0 aliphatic rings. The van der Waals surface area contributed by atoms with Gasteiger partial charge >= 0.3 is 0 Å². The lowest BCUT2D eigenvalue weighted by atomic mass is 10.3. The van der Waals surface area contributed by atoms with E-state index in [1.807, 2.05) is 6.92 Å². The van der Waals surface area contributed by atoms with Crippen LogP contribution in [0.1, 0.15) is 13.8 Å². The Morgan fingerprint density at radius 1 is 1.67 bits per heavy atom. The molecule has 2 N–H and O–H groups in total. The lowest BCUT2D eigenvalue weighted by Gasteiger charge is -1.81. The van der Waals surface area contributed by atoms with Gasteiger partial charge in [-0.05, 0) is 13.8 Å². The van der Waals surface area contributed by atoms with E-state index in [1.54, 1.807) is 13.0 Å². The predicted octanol–water partition coefficient (Wildman–Crippen LogP) is 1.24. The second-order valence-corrected chi connectivity index (χ2v) is 1.55. The second kappa shape index (κ2) is 6.95. The van der Waals surface area contributed by atoms with Crippen molar-refractivity contribution < 1.29 is 4.79 Å². The van der Waals surface area contributed by atoms with Crippen LogP contribution in [0.4, 0.5) is 0 Å². The molecule has 0 saturated heterocycles. The summed E-state index contributed by atoms with van der Waals surface area (Å²) in [5.74, 6) is -0.435. The van der Waals surface area contributed by atoms with Crippen LogP contribution in [0.25, 0.3) is 0 Å². The first-order chi connectivity index (χ1) is 4.06. The van der Waals surface area contributed by atoms with E-state index in [-0.39, 0.29) is 0 Å². The average molecular weight is 127 g/mol. The zero-order valence-electron chi connectivity index (χ0n) is 5.98. The average Bonchev–Trinajstić information content (AvgIpc) is 1.68. The monoisotopic (exact) mass is 127 g/mol. The fourth-order valence-electron chi connectivity index (χ4n) is 0. The topological polar surface area (TPSA) is 43.1 Å². The third-order valence-corrected chi connectivity index (χ3v) is 0.421. The molecule has 2 nitrogen and oxygen atoms in total. The lowest BCUT2D eigenvalue weighted by Crippen LogP contribution is -2.10.